The van der Waals surface area contributed by atoms with E-state index in [1.807, 2.05) is 0 Å². The average molecular weight is 383 g/mol. The van der Waals surface area contributed by atoms with Crippen LogP contribution in [0.25, 0.3) is 22.2 Å². The SMILES string of the molecule is O=C(Nc1ccsc1-c1nc(-c2cccc(F)c2)no1)c1ccccc1F. The number of rotatable bonds is 4. The zero-order chi connectivity index (χ0) is 18.8. The third kappa shape index (κ3) is 3.47. The van der Waals surface area contributed by atoms with E-state index in [0.29, 0.717) is 16.1 Å². The van der Waals surface area contributed by atoms with Crippen LogP contribution in [0.5, 0.6) is 0 Å². The molecular formula is C19H11F2N3O2S. The number of thiophene rings is 1. The molecule has 0 aliphatic heterocycles. The van der Waals surface area contributed by atoms with Gasteiger partial charge in [-0.25, -0.2) is 8.78 Å². The van der Waals surface area contributed by atoms with Gasteiger partial charge in [0.15, 0.2) is 0 Å². The highest BCUT2D eigenvalue weighted by Gasteiger charge is 2.19. The van der Waals surface area contributed by atoms with Crippen molar-refractivity contribution in [3.8, 4) is 22.2 Å². The van der Waals surface area contributed by atoms with E-state index in [9.17, 15) is 13.6 Å². The summed E-state index contributed by atoms with van der Waals surface area (Å²) in [6.07, 6.45) is 0. The fourth-order valence-electron chi connectivity index (χ4n) is 2.47. The molecule has 0 unspecified atom stereocenters. The van der Waals surface area contributed by atoms with Crippen LogP contribution in [-0.4, -0.2) is 16.0 Å². The van der Waals surface area contributed by atoms with Crippen molar-refractivity contribution in [2.45, 2.75) is 0 Å². The summed E-state index contributed by atoms with van der Waals surface area (Å²) >= 11 is 1.28. The van der Waals surface area contributed by atoms with E-state index in [2.05, 4.69) is 15.5 Å². The molecule has 0 aliphatic carbocycles. The van der Waals surface area contributed by atoms with E-state index in [0.717, 1.165) is 0 Å². The molecule has 4 aromatic rings. The Hall–Kier alpha value is -3.39. The van der Waals surface area contributed by atoms with Gasteiger partial charge in [-0.3, -0.25) is 4.79 Å². The minimum Gasteiger partial charge on any atom is -0.333 e. The van der Waals surface area contributed by atoms with Crippen molar-refractivity contribution in [1.82, 2.24) is 10.1 Å². The molecule has 2 aromatic carbocycles. The number of aromatic nitrogens is 2. The molecule has 0 spiro atoms. The van der Waals surface area contributed by atoms with Crippen molar-refractivity contribution in [1.29, 1.82) is 0 Å². The Balaban J connectivity index is 1.61. The Morgan fingerprint density at radius 3 is 2.74 bits per heavy atom. The van der Waals surface area contributed by atoms with Gasteiger partial charge in [0.05, 0.1) is 11.3 Å². The predicted molar refractivity (Wildman–Crippen MR) is 97.4 cm³/mol. The maximum Gasteiger partial charge on any atom is 0.270 e. The van der Waals surface area contributed by atoms with E-state index in [1.165, 1.54) is 41.7 Å². The number of benzene rings is 2. The number of carbonyl (C=O) groups is 1. The molecule has 27 heavy (non-hydrogen) atoms. The molecular weight excluding hydrogens is 372 g/mol. The van der Waals surface area contributed by atoms with Gasteiger partial charge in [-0.1, -0.05) is 29.4 Å². The van der Waals surface area contributed by atoms with Crippen molar-refractivity contribution in [3.63, 3.8) is 0 Å². The Morgan fingerprint density at radius 1 is 1.07 bits per heavy atom. The largest absolute Gasteiger partial charge is 0.333 e. The van der Waals surface area contributed by atoms with Crippen LogP contribution in [0.4, 0.5) is 14.5 Å². The Kier molecular flexibility index (Phi) is 4.47. The van der Waals surface area contributed by atoms with Crippen LogP contribution in [0, 0.1) is 11.6 Å². The van der Waals surface area contributed by atoms with Gasteiger partial charge in [0.2, 0.25) is 5.82 Å². The number of carbonyl (C=O) groups excluding carboxylic acids is 1. The third-order valence-corrected chi connectivity index (χ3v) is 4.64. The Bertz CT molecular complexity index is 1120. The number of halogens is 2. The summed E-state index contributed by atoms with van der Waals surface area (Å²) in [5.74, 6) is -1.21. The maximum absolute atomic E-state index is 13.8. The minimum absolute atomic E-state index is 0.0689. The fourth-order valence-corrected chi connectivity index (χ4v) is 3.24. The summed E-state index contributed by atoms with van der Waals surface area (Å²) in [5.41, 5.74) is 0.821. The number of anilines is 1. The third-order valence-electron chi connectivity index (χ3n) is 3.73. The average Bonchev–Trinajstić information content (AvgIpc) is 3.31. The highest BCUT2D eigenvalue weighted by atomic mass is 32.1. The van der Waals surface area contributed by atoms with Crippen LogP contribution in [0.2, 0.25) is 0 Å². The summed E-state index contributed by atoms with van der Waals surface area (Å²) < 4.78 is 32.4. The van der Waals surface area contributed by atoms with Gasteiger partial charge in [-0.05, 0) is 35.7 Å². The molecule has 0 atom stereocenters. The second kappa shape index (κ2) is 7.08. The molecule has 8 heteroatoms. The van der Waals surface area contributed by atoms with Gasteiger partial charge in [-0.15, -0.1) is 11.3 Å². The molecule has 2 heterocycles. The van der Waals surface area contributed by atoms with Crippen LogP contribution in [-0.2, 0) is 0 Å². The lowest BCUT2D eigenvalue weighted by Gasteiger charge is -2.05. The van der Waals surface area contributed by atoms with Gasteiger partial charge in [0.1, 0.15) is 16.5 Å². The van der Waals surface area contributed by atoms with E-state index < -0.39 is 17.5 Å². The van der Waals surface area contributed by atoms with Crippen molar-refractivity contribution < 1.29 is 18.1 Å². The first kappa shape index (κ1) is 17.0. The Morgan fingerprint density at radius 2 is 1.93 bits per heavy atom. The van der Waals surface area contributed by atoms with Crippen molar-refractivity contribution in [2.24, 2.45) is 0 Å². The topological polar surface area (TPSA) is 68.0 Å². The minimum atomic E-state index is -0.613. The first-order valence-corrected chi connectivity index (χ1v) is 8.73. The molecule has 1 N–H and O–H groups in total. The molecule has 0 saturated carbocycles. The van der Waals surface area contributed by atoms with Gasteiger partial charge in [0.25, 0.3) is 11.8 Å². The summed E-state index contributed by atoms with van der Waals surface area (Å²) in [4.78, 5) is 17.1. The first-order chi connectivity index (χ1) is 13.1. The molecule has 0 fully saturated rings. The zero-order valence-corrected chi connectivity index (χ0v) is 14.5. The fraction of sp³-hybridized carbons (Fsp3) is 0. The summed E-state index contributed by atoms with van der Waals surface area (Å²) in [7, 11) is 0. The molecule has 5 nitrogen and oxygen atoms in total. The smallest absolute Gasteiger partial charge is 0.270 e. The number of hydrogen-bond acceptors (Lipinski definition) is 5. The first-order valence-electron chi connectivity index (χ1n) is 7.85. The number of amides is 1. The summed E-state index contributed by atoms with van der Waals surface area (Å²) in [5, 5.41) is 8.24. The second-order valence-electron chi connectivity index (χ2n) is 5.53. The van der Waals surface area contributed by atoms with Gasteiger partial charge in [-0.2, -0.15) is 4.98 Å². The van der Waals surface area contributed by atoms with Crippen LogP contribution in [0.15, 0.2) is 64.5 Å². The van der Waals surface area contributed by atoms with E-state index in [4.69, 9.17) is 4.52 Å². The van der Waals surface area contributed by atoms with Gasteiger partial charge < -0.3 is 9.84 Å². The Labute approximate surface area is 156 Å². The number of nitrogens with one attached hydrogen (secondary N) is 1. The highest BCUT2D eigenvalue weighted by Crippen LogP contribution is 2.34. The van der Waals surface area contributed by atoms with Crippen molar-refractivity contribution in [3.05, 3.63) is 77.2 Å². The quantitative estimate of drug-likeness (QED) is 0.539. The van der Waals surface area contributed by atoms with Crippen molar-refractivity contribution >= 4 is 22.9 Å². The van der Waals surface area contributed by atoms with Crippen LogP contribution >= 0.6 is 11.3 Å². The van der Waals surface area contributed by atoms with Gasteiger partial charge >= 0.3 is 0 Å². The van der Waals surface area contributed by atoms with Crippen LogP contribution in [0.3, 0.4) is 0 Å². The molecule has 4 rings (SSSR count). The number of hydrogen-bond donors (Lipinski definition) is 1. The normalized spacial score (nSPS) is 10.7. The van der Waals surface area contributed by atoms with E-state index in [-0.39, 0.29) is 17.3 Å². The molecule has 0 bridgehead atoms. The molecule has 134 valence electrons. The van der Waals surface area contributed by atoms with E-state index in [1.54, 1.807) is 29.6 Å². The number of nitrogens with zero attached hydrogens (tertiary/aromatic N) is 2. The summed E-state index contributed by atoms with van der Waals surface area (Å²) in [6, 6.07) is 13.2. The summed E-state index contributed by atoms with van der Waals surface area (Å²) in [6.45, 7) is 0. The zero-order valence-electron chi connectivity index (χ0n) is 13.6. The lowest BCUT2D eigenvalue weighted by Crippen LogP contribution is -2.13. The predicted octanol–water partition coefficient (Wildman–Crippen LogP) is 5.00. The lowest BCUT2D eigenvalue weighted by molar-refractivity contribution is 0.102. The second-order valence-corrected chi connectivity index (χ2v) is 6.45. The van der Waals surface area contributed by atoms with E-state index >= 15 is 0 Å². The molecule has 2 aromatic heterocycles. The van der Waals surface area contributed by atoms with Crippen molar-refractivity contribution in [2.75, 3.05) is 5.32 Å². The molecule has 0 radical (unpaired) electrons. The molecule has 0 aliphatic rings. The standard InChI is InChI=1S/C19H11F2N3O2S/c20-12-5-3-4-11(10-12)17-23-19(26-24-17)16-15(8-9-27-16)22-18(25)13-6-1-2-7-14(13)21/h1-10H,(H,22,25). The highest BCUT2D eigenvalue weighted by molar-refractivity contribution is 7.14. The van der Waals surface area contributed by atoms with Crippen LogP contribution in [0.1, 0.15) is 10.4 Å². The molecule has 1 amide bonds. The van der Waals surface area contributed by atoms with Crippen LogP contribution < -0.4 is 5.32 Å². The monoisotopic (exact) mass is 383 g/mol. The molecule has 0 saturated heterocycles. The maximum atomic E-state index is 13.8. The van der Waals surface area contributed by atoms with Gasteiger partial charge in [0, 0.05) is 5.56 Å². The lowest BCUT2D eigenvalue weighted by atomic mass is 10.2.